The molecule has 1 fully saturated rings. The van der Waals surface area contributed by atoms with Crippen molar-refractivity contribution < 1.29 is 8.42 Å². The van der Waals surface area contributed by atoms with Crippen LogP contribution in [0.1, 0.15) is 18.7 Å². The predicted octanol–water partition coefficient (Wildman–Crippen LogP) is -0.366. The van der Waals surface area contributed by atoms with E-state index in [1.807, 2.05) is 17.8 Å². The lowest BCUT2D eigenvalue weighted by atomic mass is 10.4. The van der Waals surface area contributed by atoms with Crippen LogP contribution in [0.4, 0.5) is 0 Å². The standard InChI is InChI=1S/C11H20N4O2S/c1-15-8-6-13-11(15)4-5-14-18(16,17)9-7-12-10-2-3-10/h6,8,10,12,14H,2-5,7,9H2,1H3. The zero-order chi connectivity index (χ0) is 13.0. The van der Waals surface area contributed by atoms with Crippen molar-refractivity contribution >= 4 is 10.0 Å². The van der Waals surface area contributed by atoms with Gasteiger partial charge in [0, 0.05) is 45.0 Å². The van der Waals surface area contributed by atoms with Crippen molar-refractivity contribution in [1.82, 2.24) is 19.6 Å². The van der Waals surface area contributed by atoms with Crippen LogP contribution in [0, 0.1) is 0 Å². The topological polar surface area (TPSA) is 76.0 Å². The van der Waals surface area contributed by atoms with Gasteiger partial charge in [-0.05, 0) is 12.8 Å². The van der Waals surface area contributed by atoms with E-state index in [0.717, 1.165) is 5.82 Å². The molecule has 0 spiro atoms. The first kappa shape index (κ1) is 13.5. The summed E-state index contributed by atoms with van der Waals surface area (Å²) >= 11 is 0. The second kappa shape index (κ2) is 5.81. The van der Waals surface area contributed by atoms with E-state index in [2.05, 4.69) is 15.0 Å². The van der Waals surface area contributed by atoms with Crippen LogP contribution in [-0.2, 0) is 23.5 Å². The van der Waals surface area contributed by atoms with Gasteiger partial charge in [0.25, 0.3) is 0 Å². The largest absolute Gasteiger partial charge is 0.338 e. The van der Waals surface area contributed by atoms with Gasteiger partial charge in [0.2, 0.25) is 10.0 Å². The summed E-state index contributed by atoms with van der Waals surface area (Å²) in [6.45, 7) is 0.930. The molecule has 0 unspecified atom stereocenters. The Morgan fingerprint density at radius 3 is 2.83 bits per heavy atom. The summed E-state index contributed by atoms with van der Waals surface area (Å²) in [5, 5.41) is 3.19. The van der Waals surface area contributed by atoms with Crippen molar-refractivity contribution in [3.8, 4) is 0 Å². The maximum absolute atomic E-state index is 11.7. The first-order valence-corrected chi connectivity index (χ1v) is 7.89. The van der Waals surface area contributed by atoms with Crippen LogP contribution in [0.3, 0.4) is 0 Å². The van der Waals surface area contributed by atoms with Crippen LogP contribution in [0.15, 0.2) is 12.4 Å². The Balaban J connectivity index is 1.66. The Kier molecular flexibility index (Phi) is 4.36. The van der Waals surface area contributed by atoms with Crippen LogP contribution in [-0.4, -0.2) is 42.9 Å². The van der Waals surface area contributed by atoms with Crippen LogP contribution in [0.25, 0.3) is 0 Å². The highest BCUT2D eigenvalue weighted by molar-refractivity contribution is 7.89. The van der Waals surface area contributed by atoms with Gasteiger partial charge < -0.3 is 9.88 Å². The lowest BCUT2D eigenvalue weighted by molar-refractivity contribution is 0.575. The number of hydrogen-bond donors (Lipinski definition) is 2. The third-order valence-electron chi connectivity index (χ3n) is 2.97. The van der Waals surface area contributed by atoms with Gasteiger partial charge in [-0.2, -0.15) is 0 Å². The van der Waals surface area contributed by atoms with E-state index in [-0.39, 0.29) is 5.75 Å². The number of nitrogens with zero attached hydrogens (tertiary/aromatic N) is 2. The minimum absolute atomic E-state index is 0.143. The van der Waals surface area contributed by atoms with E-state index in [1.54, 1.807) is 6.20 Å². The highest BCUT2D eigenvalue weighted by atomic mass is 32.2. The van der Waals surface area contributed by atoms with E-state index in [0.29, 0.717) is 25.6 Å². The van der Waals surface area contributed by atoms with E-state index in [9.17, 15) is 8.42 Å². The molecule has 1 heterocycles. The Hall–Kier alpha value is -0.920. The van der Waals surface area contributed by atoms with Crippen LogP contribution in [0.2, 0.25) is 0 Å². The van der Waals surface area contributed by atoms with E-state index >= 15 is 0 Å². The number of hydrogen-bond acceptors (Lipinski definition) is 4. The van der Waals surface area contributed by atoms with Crippen LogP contribution in [0.5, 0.6) is 0 Å². The van der Waals surface area contributed by atoms with Crippen molar-refractivity contribution in [3.05, 3.63) is 18.2 Å². The second-order valence-corrected chi connectivity index (χ2v) is 6.57. The summed E-state index contributed by atoms with van der Waals surface area (Å²) in [6, 6.07) is 0.549. The molecule has 1 saturated carbocycles. The van der Waals surface area contributed by atoms with E-state index in [1.165, 1.54) is 12.8 Å². The van der Waals surface area contributed by atoms with Gasteiger partial charge >= 0.3 is 0 Å². The van der Waals surface area contributed by atoms with Gasteiger partial charge in [-0.1, -0.05) is 0 Å². The normalized spacial score (nSPS) is 16.1. The Morgan fingerprint density at radius 2 is 2.22 bits per heavy atom. The Bertz CT molecular complexity index is 479. The second-order valence-electron chi connectivity index (χ2n) is 4.65. The fourth-order valence-corrected chi connectivity index (χ4v) is 2.66. The third-order valence-corrected chi connectivity index (χ3v) is 4.36. The molecule has 1 aliphatic rings. The fourth-order valence-electron chi connectivity index (χ4n) is 1.71. The maximum Gasteiger partial charge on any atom is 0.212 e. The van der Waals surface area contributed by atoms with Crippen molar-refractivity contribution in [2.45, 2.75) is 25.3 Å². The quantitative estimate of drug-likeness (QED) is 0.677. The van der Waals surface area contributed by atoms with Crippen molar-refractivity contribution in [1.29, 1.82) is 0 Å². The molecule has 0 atom stereocenters. The SMILES string of the molecule is Cn1ccnc1CCNS(=O)(=O)CCNC1CC1. The molecule has 7 heteroatoms. The number of imidazole rings is 1. The monoisotopic (exact) mass is 272 g/mol. The van der Waals surface area contributed by atoms with E-state index in [4.69, 9.17) is 0 Å². The molecule has 0 saturated heterocycles. The molecule has 0 radical (unpaired) electrons. The summed E-state index contributed by atoms with van der Waals surface area (Å²) in [5.41, 5.74) is 0. The van der Waals surface area contributed by atoms with Crippen molar-refractivity contribution in [3.63, 3.8) is 0 Å². The fraction of sp³-hybridized carbons (Fsp3) is 0.727. The van der Waals surface area contributed by atoms with Crippen molar-refractivity contribution in [2.24, 2.45) is 7.05 Å². The van der Waals surface area contributed by atoms with Gasteiger partial charge in [-0.3, -0.25) is 0 Å². The number of aryl methyl sites for hydroxylation is 1. The van der Waals surface area contributed by atoms with E-state index < -0.39 is 10.0 Å². The summed E-state index contributed by atoms with van der Waals surface area (Å²) in [6.07, 6.45) is 6.52. The molecule has 0 bridgehead atoms. The number of nitrogens with one attached hydrogen (secondary N) is 2. The first-order chi connectivity index (χ1) is 8.57. The first-order valence-electron chi connectivity index (χ1n) is 6.24. The molecule has 2 rings (SSSR count). The van der Waals surface area contributed by atoms with Gasteiger partial charge in [-0.25, -0.2) is 18.1 Å². The number of sulfonamides is 1. The average Bonchev–Trinajstić information content (AvgIpc) is 3.03. The molecule has 1 aromatic heterocycles. The maximum atomic E-state index is 11.7. The van der Waals surface area contributed by atoms with Crippen LogP contribution >= 0.6 is 0 Å². The highest BCUT2D eigenvalue weighted by Gasteiger charge is 2.21. The Morgan fingerprint density at radius 1 is 1.44 bits per heavy atom. The molecule has 0 aliphatic heterocycles. The predicted molar refractivity (Wildman–Crippen MR) is 69.7 cm³/mol. The lowest BCUT2D eigenvalue weighted by Crippen LogP contribution is -2.34. The number of aromatic nitrogens is 2. The van der Waals surface area contributed by atoms with Crippen LogP contribution < -0.4 is 10.0 Å². The third kappa shape index (κ3) is 4.40. The van der Waals surface area contributed by atoms with Crippen molar-refractivity contribution in [2.75, 3.05) is 18.8 Å². The van der Waals surface area contributed by atoms with Gasteiger partial charge in [0.05, 0.1) is 5.75 Å². The minimum Gasteiger partial charge on any atom is -0.338 e. The number of rotatable bonds is 8. The summed E-state index contributed by atoms with van der Waals surface area (Å²) in [7, 11) is -1.27. The molecule has 0 amide bonds. The molecule has 1 aliphatic carbocycles. The Labute approximate surface area is 108 Å². The average molecular weight is 272 g/mol. The zero-order valence-electron chi connectivity index (χ0n) is 10.6. The van der Waals surface area contributed by atoms with Gasteiger partial charge in [-0.15, -0.1) is 0 Å². The minimum atomic E-state index is -3.17. The summed E-state index contributed by atoms with van der Waals surface area (Å²) < 4.78 is 27.8. The molecular weight excluding hydrogens is 252 g/mol. The molecule has 2 N–H and O–H groups in total. The summed E-state index contributed by atoms with van der Waals surface area (Å²) in [5.74, 6) is 1.03. The highest BCUT2D eigenvalue weighted by Crippen LogP contribution is 2.17. The summed E-state index contributed by atoms with van der Waals surface area (Å²) in [4.78, 5) is 4.14. The molecule has 0 aromatic carbocycles. The molecule has 1 aromatic rings. The smallest absolute Gasteiger partial charge is 0.212 e. The molecular formula is C11H20N4O2S. The van der Waals surface area contributed by atoms with Gasteiger partial charge in [0.1, 0.15) is 5.82 Å². The lowest BCUT2D eigenvalue weighted by Gasteiger charge is -2.07. The molecule has 18 heavy (non-hydrogen) atoms. The zero-order valence-corrected chi connectivity index (χ0v) is 11.4. The molecule has 6 nitrogen and oxygen atoms in total. The molecule has 102 valence electrons. The van der Waals surface area contributed by atoms with Gasteiger partial charge in [0.15, 0.2) is 0 Å².